The normalized spacial score (nSPS) is 15.4. The monoisotopic (exact) mass is 1100 g/mol. The molecule has 4 heterocycles. The van der Waals surface area contributed by atoms with Gasteiger partial charge in [0, 0.05) is 19.1 Å². The Morgan fingerprint density at radius 1 is 0.397 bits per heavy atom. The maximum Gasteiger partial charge on any atom is 0.311 e. The zero-order valence-corrected chi connectivity index (χ0v) is 48.3. The van der Waals surface area contributed by atoms with Crippen molar-refractivity contribution in [3.63, 3.8) is 0 Å². The first kappa shape index (κ1) is 53.6. The molecule has 0 fully saturated rings. The van der Waals surface area contributed by atoms with E-state index in [9.17, 15) is 38.4 Å². The van der Waals surface area contributed by atoms with Gasteiger partial charge in [-0.3, -0.25) is 53.1 Å². The molecule has 18 heteroatoms. The minimum Gasteiger partial charge on any atom is -0.457 e. The fourth-order valence-electron chi connectivity index (χ4n) is 10.8. The molecule has 0 unspecified atom stereocenters. The van der Waals surface area contributed by atoms with E-state index in [2.05, 4.69) is 13.8 Å². The molecule has 4 aliphatic heterocycles. The van der Waals surface area contributed by atoms with Crippen LogP contribution in [-0.2, 0) is 8.23 Å². The highest BCUT2D eigenvalue weighted by Gasteiger charge is 2.44. The summed E-state index contributed by atoms with van der Waals surface area (Å²) in [6.45, 7) is 20.2. The van der Waals surface area contributed by atoms with Crippen molar-refractivity contribution in [1.29, 1.82) is 0 Å². The second-order valence-corrected chi connectivity index (χ2v) is 35.0. The zero-order chi connectivity index (χ0) is 55.9. The summed E-state index contributed by atoms with van der Waals surface area (Å²) in [4.78, 5) is 113. The fourth-order valence-corrected chi connectivity index (χ4v) is 24.4. The van der Waals surface area contributed by atoms with Crippen LogP contribution in [0, 0.1) is 0 Å². The minimum absolute atomic E-state index is 0.137. The maximum atomic E-state index is 14.0. The highest BCUT2D eigenvalue weighted by atomic mass is 28.5. The molecule has 78 heavy (non-hydrogen) atoms. The van der Waals surface area contributed by atoms with E-state index in [-0.39, 0.29) is 58.8 Å². The summed E-state index contributed by atoms with van der Waals surface area (Å²) in [5.74, 6) is -1.64. The Labute approximate surface area is 456 Å². The molecule has 0 atom stereocenters. The van der Waals surface area contributed by atoms with E-state index >= 15 is 0 Å². The van der Waals surface area contributed by atoms with Gasteiger partial charge in [-0.2, -0.15) is 0 Å². The predicted octanol–water partition coefficient (Wildman–Crippen LogP) is 11.8. The lowest BCUT2D eigenvalue weighted by Gasteiger charge is -2.39. The van der Waals surface area contributed by atoms with Crippen molar-refractivity contribution < 1.29 is 51.3 Å². The molecule has 10 rings (SSSR count). The average molecular weight is 1100 g/mol. The SMILES string of the molecule is CC(C)c1ccc(Oc2ccc(N3C(=O)c4ccc(-c5ccc6c(c5)C(=O)N(CC[Si](C)(C)O[Si](C)(C)O[Si](C)(C)CCN5C(=O)c7ccc(-c8ccc9c(c8)C(=O)N(C(C)C)C9=O)cc7C5=O)C6=O)cc4C3=O)cc2)cc1. The Kier molecular flexibility index (Phi) is 13.7. The lowest BCUT2D eigenvalue weighted by Crippen LogP contribution is -2.53. The molecule has 6 aromatic rings. The van der Waals surface area contributed by atoms with Crippen LogP contribution in [0.5, 0.6) is 11.5 Å². The molecule has 0 aliphatic carbocycles. The third-order valence-corrected chi connectivity index (χ3v) is 25.9. The van der Waals surface area contributed by atoms with Gasteiger partial charge in [0.15, 0.2) is 16.6 Å². The second kappa shape index (κ2) is 19.9. The number of imide groups is 4. The molecule has 0 saturated carbocycles. The Hall–Kier alpha value is -7.75. The number of amides is 8. The number of ether oxygens (including phenoxy) is 1. The minimum atomic E-state index is -2.86. The van der Waals surface area contributed by atoms with Crippen LogP contribution >= 0.6 is 0 Å². The summed E-state index contributed by atoms with van der Waals surface area (Å²) in [5, 5.41) is 0. The van der Waals surface area contributed by atoms with Crippen LogP contribution < -0.4 is 9.64 Å². The van der Waals surface area contributed by atoms with Gasteiger partial charge in [-0.15, -0.1) is 0 Å². The Morgan fingerprint density at radius 3 is 1.14 bits per heavy atom. The van der Waals surface area contributed by atoms with Crippen molar-refractivity contribution in [3.8, 4) is 33.8 Å². The van der Waals surface area contributed by atoms with E-state index in [0.29, 0.717) is 74.1 Å². The van der Waals surface area contributed by atoms with Crippen molar-refractivity contribution in [2.75, 3.05) is 18.0 Å². The van der Waals surface area contributed by atoms with E-state index in [0.717, 1.165) is 4.90 Å². The topological polar surface area (TPSA) is 177 Å². The molecule has 0 spiro atoms. The van der Waals surface area contributed by atoms with Gasteiger partial charge < -0.3 is 13.0 Å². The number of benzene rings is 6. The first-order valence-corrected chi connectivity index (χ1v) is 35.2. The van der Waals surface area contributed by atoms with Crippen LogP contribution in [0.3, 0.4) is 0 Å². The fraction of sp³-hybridized carbons (Fsp3) is 0.267. The Morgan fingerprint density at radius 2 is 0.731 bits per heavy atom. The summed E-state index contributed by atoms with van der Waals surface area (Å²) in [7, 11) is -8.02. The lowest BCUT2D eigenvalue weighted by molar-refractivity contribution is 0.0601. The van der Waals surface area contributed by atoms with Gasteiger partial charge in [-0.05, 0) is 184 Å². The highest BCUT2D eigenvalue weighted by molar-refractivity contribution is 6.88. The van der Waals surface area contributed by atoms with Gasteiger partial charge in [0.1, 0.15) is 11.5 Å². The number of fused-ring (bicyclic) bond motifs is 4. The quantitative estimate of drug-likeness (QED) is 0.0627. The number of anilines is 1. The number of carbonyl (C=O) groups excluding carboxylic acids is 8. The summed E-state index contributed by atoms with van der Waals surface area (Å²) < 4.78 is 19.7. The Bertz CT molecular complexity index is 3570. The molecule has 0 bridgehead atoms. The Balaban J connectivity index is 0.735. The third kappa shape index (κ3) is 9.94. The molecular weight excluding hydrogens is 1040 g/mol. The smallest absolute Gasteiger partial charge is 0.311 e. The summed E-state index contributed by atoms with van der Waals surface area (Å²) >= 11 is 0. The highest BCUT2D eigenvalue weighted by Crippen LogP contribution is 2.38. The summed E-state index contributed by atoms with van der Waals surface area (Å²) in [6.07, 6.45) is 0. The third-order valence-electron chi connectivity index (χ3n) is 14.7. The first-order valence-electron chi connectivity index (χ1n) is 26.2. The van der Waals surface area contributed by atoms with Gasteiger partial charge in [-0.25, -0.2) is 4.90 Å². The maximum absolute atomic E-state index is 14.0. The molecule has 0 saturated heterocycles. The van der Waals surface area contributed by atoms with Crippen molar-refractivity contribution in [2.24, 2.45) is 0 Å². The summed E-state index contributed by atoms with van der Waals surface area (Å²) in [5.41, 5.74) is 6.33. The molecule has 398 valence electrons. The second-order valence-electron chi connectivity index (χ2n) is 22.5. The average Bonchev–Trinajstić information content (AvgIpc) is 4.05. The molecular formula is C60H60N4O11Si3. The molecule has 8 amide bonds. The largest absolute Gasteiger partial charge is 0.457 e. The van der Waals surface area contributed by atoms with Gasteiger partial charge >= 0.3 is 8.56 Å². The molecule has 6 aromatic carbocycles. The standard InChI is InChI=1S/C60H60N4O11Si3/c1-35(2)37-11-19-43(20-12-37)73-44-21-17-42(18-22-44)64-58(70)48-26-16-41(34-52(48)60(64)72)39-14-24-46-50(32-39)56(68)62(54(46)66)28-30-77(7,8)75-78(9,10)74-76(5,6)29-27-61-53(65)45-23-13-38(31-49(45)55(61)67)40-15-25-47-51(33-40)59(71)63(36(3)4)57(47)69/h11-26,31-36H,27-30H2,1-10H3. The van der Waals surface area contributed by atoms with Gasteiger partial charge in [-0.1, -0.05) is 50.2 Å². The molecule has 0 radical (unpaired) electrons. The van der Waals surface area contributed by atoms with Crippen LogP contribution in [0.1, 0.15) is 122 Å². The number of carbonyl (C=O) groups is 8. The number of nitrogens with zero attached hydrogens (tertiary/aromatic N) is 4. The van der Waals surface area contributed by atoms with Crippen molar-refractivity contribution in [1.82, 2.24) is 14.7 Å². The lowest BCUT2D eigenvalue weighted by atomic mass is 9.97. The van der Waals surface area contributed by atoms with Crippen LogP contribution in [0.4, 0.5) is 5.69 Å². The van der Waals surface area contributed by atoms with Crippen LogP contribution in [0.15, 0.2) is 121 Å². The predicted molar refractivity (Wildman–Crippen MR) is 303 cm³/mol. The van der Waals surface area contributed by atoms with Crippen molar-refractivity contribution in [2.45, 2.75) is 91.0 Å². The molecule has 4 aliphatic rings. The van der Waals surface area contributed by atoms with Gasteiger partial charge in [0.05, 0.1) is 50.2 Å². The van der Waals surface area contributed by atoms with E-state index in [1.54, 1.807) is 111 Å². The van der Waals surface area contributed by atoms with E-state index in [1.807, 2.05) is 63.5 Å². The number of hydrogen-bond acceptors (Lipinski definition) is 11. The van der Waals surface area contributed by atoms with Crippen LogP contribution in [0.2, 0.25) is 51.4 Å². The molecule has 0 aromatic heterocycles. The van der Waals surface area contributed by atoms with Gasteiger partial charge in [0.25, 0.3) is 47.3 Å². The number of hydrogen-bond donors (Lipinski definition) is 0. The van der Waals surface area contributed by atoms with Crippen LogP contribution in [0.25, 0.3) is 22.3 Å². The number of rotatable bonds is 17. The summed E-state index contributed by atoms with van der Waals surface area (Å²) in [6, 6.07) is 35.3. The molecule has 15 nitrogen and oxygen atoms in total. The van der Waals surface area contributed by atoms with Gasteiger partial charge in [0.2, 0.25) is 0 Å². The van der Waals surface area contributed by atoms with E-state index < -0.39 is 60.6 Å². The van der Waals surface area contributed by atoms with E-state index in [1.165, 1.54) is 20.3 Å². The van der Waals surface area contributed by atoms with Crippen molar-refractivity contribution >= 4 is 78.1 Å². The first-order chi connectivity index (χ1) is 36.8. The van der Waals surface area contributed by atoms with Crippen LogP contribution in [-0.4, -0.2) is 106 Å². The zero-order valence-electron chi connectivity index (χ0n) is 45.3. The van der Waals surface area contributed by atoms with E-state index in [4.69, 9.17) is 13.0 Å². The molecule has 0 N–H and O–H groups in total. The van der Waals surface area contributed by atoms with Crippen molar-refractivity contribution in [3.05, 3.63) is 171 Å².